The maximum absolute atomic E-state index is 13.4. The van der Waals surface area contributed by atoms with Gasteiger partial charge in [0.25, 0.3) is 11.5 Å². The van der Waals surface area contributed by atoms with Crippen LogP contribution in [0.2, 0.25) is 5.02 Å². The quantitative estimate of drug-likeness (QED) is 0.271. The van der Waals surface area contributed by atoms with Gasteiger partial charge < -0.3 is 10.1 Å². The topological polar surface area (TPSA) is 85.6 Å². The molecular weight excluding hydrogens is 607 g/mol. The van der Waals surface area contributed by atoms with Gasteiger partial charge in [0.05, 0.1) is 21.6 Å². The van der Waals surface area contributed by atoms with Crippen molar-refractivity contribution in [3.63, 3.8) is 0 Å². The third-order valence-electron chi connectivity index (χ3n) is 4.78. The van der Waals surface area contributed by atoms with Crippen LogP contribution in [0.15, 0.2) is 73.4 Å². The molecule has 0 spiro atoms. The lowest BCUT2D eigenvalue weighted by atomic mass is 10.2. The Morgan fingerprint density at radius 3 is 2.80 bits per heavy atom. The fraction of sp³-hybridized carbons (Fsp3) is 0.0833. The molecule has 0 fully saturated rings. The van der Waals surface area contributed by atoms with E-state index in [1.54, 1.807) is 43.3 Å². The van der Waals surface area contributed by atoms with Crippen LogP contribution in [-0.4, -0.2) is 28.4 Å². The molecule has 0 saturated heterocycles. The van der Waals surface area contributed by atoms with Crippen molar-refractivity contribution in [3.8, 4) is 5.75 Å². The van der Waals surface area contributed by atoms with E-state index in [0.717, 1.165) is 4.47 Å². The van der Waals surface area contributed by atoms with Gasteiger partial charge >= 0.3 is 0 Å². The highest BCUT2D eigenvalue weighted by molar-refractivity contribution is 9.10. The van der Waals surface area contributed by atoms with Gasteiger partial charge in [-0.2, -0.15) is 9.78 Å². The summed E-state index contributed by atoms with van der Waals surface area (Å²) in [6, 6.07) is 13.9. The largest absolute Gasteiger partial charge is 0.482 e. The summed E-state index contributed by atoms with van der Waals surface area (Å²) in [7, 11) is 0. The molecule has 0 radical (unpaired) electrons. The van der Waals surface area contributed by atoms with E-state index in [1.165, 1.54) is 29.1 Å². The lowest BCUT2D eigenvalue weighted by molar-refractivity contribution is -0.118. The molecule has 0 saturated carbocycles. The molecule has 178 valence electrons. The average molecular weight is 623 g/mol. The van der Waals surface area contributed by atoms with Crippen LogP contribution < -0.4 is 15.6 Å². The van der Waals surface area contributed by atoms with Crippen molar-refractivity contribution in [2.45, 2.75) is 6.92 Å². The van der Waals surface area contributed by atoms with Crippen molar-refractivity contribution >= 4 is 72.2 Å². The van der Waals surface area contributed by atoms with Crippen LogP contribution in [0, 0.1) is 12.7 Å². The first-order valence-electron chi connectivity index (χ1n) is 10.1. The van der Waals surface area contributed by atoms with Crippen molar-refractivity contribution in [2.24, 2.45) is 5.10 Å². The highest BCUT2D eigenvalue weighted by Crippen LogP contribution is 2.32. The summed E-state index contributed by atoms with van der Waals surface area (Å²) in [5, 5.41) is 7.65. The van der Waals surface area contributed by atoms with Gasteiger partial charge in [-0.25, -0.2) is 9.37 Å². The zero-order valence-corrected chi connectivity index (χ0v) is 22.0. The lowest BCUT2D eigenvalue weighted by Crippen LogP contribution is -2.21. The summed E-state index contributed by atoms with van der Waals surface area (Å²) in [6.45, 7) is 1.31. The second-order valence-electron chi connectivity index (χ2n) is 7.34. The normalized spacial score (nSPS) is 11.2. The second kappa shape index (κ2) is 10.7. The SMILES string of the molecule is Cc1nc2ccc(Br)cc2c(=O)n1N=Cc1cc(Cl)cc(Br)c1OCC(=O)Nc1cccc(F)c1. The fourth-order valence-electron chi connectivity index (χ4n) is 3.25. The van der Waals surface area contributed by atoms with Crippen molar-refractivity contribution in [1.29, 1.82) is 0 Å². The molecule has 4 aromatic rings. The number of halogens is 4. The first kappa shape index (κ1) is 25.0. The van der Waals surface area contributed by atoms with Crippen molar-refractivity contribution in [1.82, 2.24) is 9.66 Å². The van der Waals surface area contributed by atoms with E-state index in [0.29, 0.717) is 37.5 Å². The Bertz CT molecular complexity index is 1540. The molecule has 0 aliphatic heterocycles. The van der Waals surface area contributed by atoms with Gasteiger partial charge in [-0.05, 0) is 71.4 Å². The van der Waals surface area contributed by atoms with Gasteiger partial charge in [-0.3, -0.25) is 9.59 Å². The zero-order chi connectivity index (χ0) is 25.1. The van der Waals surface area contributed by atoms with E-state index >= 15 is 0 Å². The van der Waals surface area contributed by atoms with E-state index in [4.69, 9.17) is 16.3 Å². The van der Waals surface area contributed by atoms with Gasteiger partial charge in [0.2, 0.25) is 0 Å². The third kappa shape index (κ3) is 5.95. The molecule has 0 unspecified atom stereocenters. The van der Waals surface area contributed by atoms with E-state index in [1.807, 2.05) is 0 Å². The number of ether oxygens (including phenoxy) is 1. The molecule has 3 aromatic carbocycles. The summed E-state index contributed by atoms with van der Waals surface area (Å²) in [5.41, 5.74) is 0.938. The number of hydrogen-bond acceptors (Lipinski definition) is 5. The summed E-state index contributed by atoms with van der Waals surface area (Å²) in [4.78, 5) is 29.7. The van der Waals surface area contributed by atoms with E-state index in [9.17, 15) is 14.0 Å². The number of anilines is 1. The molecule has 0 atom stereocenters. The summed E-state index contributed by atoms with van der Waals surface area (Å²) >= 11 is 12.9. The smallest absolute Gasteiger partial charge is 0.282 e. The van der Waals surface area contributed by atoms with E-state index in [2.05, 4.69) is 47.3 Å². The number of benzene rings is 3. The Balaban J connectivity index is 1.61. The first-order valence-corrected chi connectivity index (χ1v) is 12.1. The number of nitrogens with one attached hydrogen (secondary N) is 1. The molecule has 11 heteroatoms. The van der Waals surface area contributed by atoms with Crippen LogP contribution in [0.5, 0.6) is 5.75 Å². The van der Waals surface area contributed by atoms with Gasteiger partial charge in [-0.15, -0.1) is 0 Å². The Morgan fingerprint density at radius 2 is 2.03 bits per heavy atom. The zero-order valence-electron chi connectivity index (χ0n) is 18.1. The van der Waals surface area contributed by atoms with Gasteiger partial charge in [-0.1, -0.05) is 33.6 Å². The Labute approximate surface area is 220 Å². The molecule has 1 amide bonds. The van der Waals surface area contributed by atoms with Crippen molar-refractivity contribution in [2.75, 3.05) is 11.9 Å². The van der Waals surface area contributed by atoms with Gasteiger partial charge in [0.15, 0.2) is 6.61 Å². The summed E-state index contributed by atoms with van der Waals surface area (Å²) in [5.74, 6) is -0.283. The number of rotatable bonds is 6. The standard InChI is InChI=1S/C24H16Br2ClFN4O3/c1-13-30-21-6-5-15(25)8-19(21)24(34)32(13)29-11-14-7-16(27)9-20(26)23(14)35-12-22(33)31-18-4-2-3-17(28)10-18/h2-11H,12H2,1H3,(H,31,33). The van der Waals surface area contributed by atoms with Crippen LogP contribution in [-0.2, 0) is 4.79 Å². The van der Waals surface area contributed by atoms with Crippen LogP contribution in [0.4, 0.5) is 10.1 Å². The lowest BCUT2D eigenvalue weighted by Gasteiger charge is -2.12. The van der Waals surface area contributed by atoms with Crippen LogP contribution in [0.3, 0.4) is 0 Å². The van der Waals surface area contributed by atoms with Crippen LogP contribution in [0.1, 0.15) is 11.4 Å². The van der Waals surface area contributed by atoms with Crippen molar-refractivity contribution < 1.29 is 13.9 Å². The second-order valence-corrected chi connectivity index (χ2v) is 9.54. The van der Waals surface area contributed by atoms with E-state index < -0.39 is 11.7 Å². The Morgan fingerprint density at radius 1 is 1.23 bits per heavy atom. The molecule has 0 aliphatic carbocycles. The van der Waals surface area contributed by atoms with Crippen molar-refractivity contribution in [3.05, 3.63) is 96.1 Å². The first-order chi connectivity index (χ1) is 16.7. The molecule has 35 heavy (non-hydrogen) atoms. The predicted octanol–water partition coefficient (Wildman–Crippen LogP) is 5.92. The summed E-state index contributed by atoms with van der Waals surface area (Å²) in [6.07, 6.45) is 1.40. The molecule has 4 rings (SSSR count). The fourth-order valence-corrected chi connectivity index (χ4v) is 4.55. The third-order valence-corrected chi connectivity index (χ3v) is 6.08. The van der Waals surface area contributed by atoms with E-state index in [-0.39, 0.29) is 17.9 Å². The number of amides is 1. The molecule has 1 heterocycles. The minimum atomic E-state index is -0.489. The number of carbonyl (C=O) groups excluding carboxylic acids is 1. The molecule has 0 bridgehead atoms. The minimum Gasteiger partial charge on any atom is -0.482 e. The molecule has 0 aliphatic rings. The Kier molecular flexibility index (Phi) is 7.63. The monoisotopic (exact) mass is 620 g/mol. The Hall–Kier alpha value is -3.08. The molecule has 1 aromatic heterocycles. The van der Waals surface area contributed by atoms with Crippen LogP contribution >= 0.6 is 43.5 Å². The van der Waals surface area contributed by atoms with Crippen LogP contribution in [0.25, 0.3) is 10.9 Å². The number of aromatic nitrogens is 2. The maximum atomic E-state index is 13.4. The van der Waals surface area contributed by atoms with Gasteiger partial charge in [0.1, 0.15) is 17.4 Å². The number of carbonyl (C=O) groups is 1. The average Bonchev–Trinajstić information content (AvgIpc) is 2.79. The maximum Gasteiger partial charge on any atom is 0.282 e. The summed E-state index contributed by atoms with van der Waals surface area (Å²) < 4.78 is 21.5. The molecule has 1 N–H and O–H groups in total. The number of fused-ring (bicyclic) bond motifs is 1. The minimum absolute atomic E-state index is 0.287. The highest BCUT2D eigenvalue weighted by atomic mass is 79.9. The number of aryl methyl sites for hydroxylation is 1. The van der Waals surface area contributed by atoms with Gasteiger partial charge in [0, 0.05) is 20.7 Å². The highest BCUT2D eigenvalue weighted by Gasteiger charge is 2.13. The molecule has 7 nitrogen and oxygen atoms in total. The predicted molar refractivity (Wildman–Crippen MR) is 141 cm³/mol. The molecular formula is C24H16Br2ClFN4O3. The number of hydrogen-bond donors (Lipinski definition) is 1. The number of nitrogens with zero attached hydrogens (tertiary/aromatic N) is 3.